The van der Waals surface area contributed by atoms with Crippen LogP contribution in [-0.4, -0.2) is 11.0 Å². The Bertz CT molecular complexity index is 595. The van der Waals surface area contributed by atoms with Crippen molar-refractivity contribution in [1.82, 2.24) is 10.3 Å². The van der Waals surface area contributed by atoms with Crippen LogP contribution in [0.1, 0.15) is 22.3 Å². The number of aryl methyl sites for hydroxylation is 1. The molecule has 1 heterocycles. The van der Waals surface area contributed by atoms with E-state index in [-0.39, 0.29) is 0 Å². The number of hydrogen-bond donors (Lipinski definition) is 1. The number of hydrogen-bond acceptors (Lipinski definition) is 2. The van der Waals surface area contributed by atoms with Gasteiger partial charge in [0.05, 0.1) is 0 Å². The molecule has 1 atom stereocenters. The molecule has 0 saturated heterocycles. The number of nitrogens with one attached hydrogen (secondary N) is 1. The molecule has 0 fully saturated rings. The zero-order valence-corrected chi connectivity index (χ0v) is 11.7. The predicted octanol–water partition coefficient (Wildman–Crippen LogP) is 3.30. The Hall–Kier alpha value is -1.38. The van der Waals surface area contributed by atoms with Crippen LogP contribution in [0.3, 0.4) is 0 Å². The standard InChI is InChI=1S/C16H17ClN2/c1-11-4-5-18-9-14(11)10-19-16-7-12-2-3-15(17)6-13(12)8-16/h2-6,9,16,19H,7-8,10H2,1H3. The minimum atomic E-state index is 0.507. The van der Waals surface area contributed by atoms with E-state index in [0.717, 1.165) is 24.4 Å². The molecule has 3 rings (SSSR count). The summed E-state index contributed by atoms with van der Waals surface area (Å²) in [6, 6.07) is 8.78. The third-order valence-corrected chi connectivity index (χ3v) is 4.06. The summed E-state index contributed by atoms with van der Waals surface area (Å²) in [6.07, 6.45) is 5.94. The maximum atomic E-state index is 6.04. The molecule has 1 aliphatic carbocycles. The lowest BCUT2D eigenvalue weighted by Crippen LogP contribution is -2.29. The first kappa shape index (κ1) is 12.6. The van der Waals surface area contributed by atoms with Crippen LogP contribution >= 0.6 is 11.6 Å². The van der Waals surface area contributed by atoms with Crippen molar-refractivity contribution in [2.24, 2.45) is 0 Å². The Kier molecular flexibility index (Phi) is 3.54. The third-order valence-electron chi connectivity index (χ3n) is 3.83. The molecule has 19 heavy (non-hydrogen) atoms. The molecule has 1 unspecified atom stereocenters. The maximum Gasteiger partial charge on any atom is 0.0408 e. The van der Waals surface area contributed by atoms with E-state index in [1.165, 1.54) is 22.3 Å². The van der Waals surface area contributed by atoms with Gasteiger partial charge in [0.25, 0.3) is 0 Å². The number of pyridine rings is 1. The van der Waals surface area contributed by atoms with Gasteiger partial charge in [-0.05, 0) is 60.2 Å². The summed E-state index contributed by atoms with van der Waals surface area (Å²) in [5.41, 5.74) is 5.37. The van der Waals surface area contributed by atoms with E-state index in [9.17, 15) is 0 Å². The summed E-state index contributed by atoms with van der Waals surface area (Å²) in [4.78, 5) is 4.18. The van der Waals surface area contributed by atoms with Gasteiger partial charge in [0, 0.05) is 30.0 Å². The maximum absolute atomic E-state index is 6.04. The molecule has 1 N–H and O–H groups in total. The average Bonchev–Trinajstić information content (AvgIpc) is 2.79. The summed E-state index contributed by atoms with van der Waals surface area (Å²) in [5, 5.41) is 4.46. The molecule has 0 saturated carbocycles. The number of benzene rings is 1. The fourth-order valence-electron chi connectivity index (χ4n) is 2.67. The molecular formula is C16H17ClN2. The largest absolute Gasteiger partial charge is 0.309 e. The zero-order valence-electron chi connectivity index (χ0n) is 11.0. The third kappa shape index (κ3) is 2.80. The Balaban J connectivity index is 1.63. The van der Waals surface area contributed by atoms with Gasteiger partial charge in [-0.15, -0.1) is 0 Å². The highest BCUT2D eigenvalue weighted by Gasteiger charge is 2.21. The van der Waals surface area contributed by atoms with E-state index in [1.54, 1.807) is 0 Å². The molecule has 1 aliphatic rings. The van der Waals surface area contributed by atoms with Gasteiger partial charge in [-0.25, -0.2) is 0 Å². The fraction of sp³-hybridized carbons (Fsp3) is 0.312. The van der Waals surface area contributed by atoms with Crippen molar-refractivity contribution in [3.63, 3.8) is 0 Å². The SMILES string of the molecule is Cc1ccncc1CNC1Cc2ccc(Cl)cc2C1. The lowest BCUT2D eigenvalue weighted by atomic mass is 10.1. The normalized spacial score (nSPS) is 17.5. The average molecular weight is 273 g/mol. The highest BCUT2D eigenvalue weighted by molar-refractivity contribution is 6.30. The summed E-state index contributed by atoms with van der Waals surface area (Å²) in [7, 11) is 0. The van der Waals surface area contributed by atoms with Gasteiger partial charge in [0.2, 0.25) is 0 Å². The first-order valence-corrected chi connectivity index (χ1v) is 7.00. The summed E-state index contributed by atoms with van der Waals surface area (Å²) in [6.45, 7) is 3.01. The van der Waals surface area contributed by atoms with Crippen molar-refractivity contribution in [1.29, 1.82) is 0 Å². The molecule has 3 heteroatoms. The molecule has 0 aliphatic heterocycles. The number of fused-ring (bicyclic) bond motifs is 1. The van der Waals surface area contributed by atoms with Gasteiger partial charge in [0.1, 0.15) is 0 Å². The Labute approximate surface area is 118 Å². The minimum absolute atomic E-state index is 0.507. The first-order valence-electron chi connectivity index (χ1n) is 6.62. The van der Waals surface area contributed by atoms with Crippen molar-refractivity contribution in [2.45, 2.75) is 32.4 Å². The van der Waals surface area contributed by atoms with Crippen molar-refractivity contribution in [2.75, 3.05) is 0 Å². The number of aromatic nitrogens is 1. The van der Waals surface area contributed by atoms with Gasteiger partial charge in [-0.1, -0.05) is 17.7 Å². The fourth-order valence-corrected chi connectivity index (χ4v) is 2.86. The predicted molar refractivity (Wildman–Crippen MR) is 78.5 cm³/mol. The van der Waals surface area contributed by atoms with Gasteiger partial charge < -0.3 is 5.32 Å². The molecular weight excluding hydrogens is 256 g/mol. The number of nitrogens with zero attached hydrogens (tertiary/aromatic N) is 1. The number of rotatable bonds is 3. The second-order valence-corrected chi connectivity index (χ2v) is 5.64. The van der Waals surface area contributed by atoms with E-state index >= 15 is 0 Å². The van der Waals surface area contributed by atoms with Gasteiger partial charge in [0.15, 0.2) is 0 Å². The second-order valence-electron chi connectivity index (χ2n) is 5.20. The van der Waals surface area contributed by atoms with Crippen LogP contribution in [0.15, 0.2) is 36.7 Å². The van der Waals surface area contributed by atoms with Crippen LogP contribution in [0.2, 0.25) is 5.02 Å². The summed E-state index contributed by atoms with van der Waals surface area (Å²) < 4.78 is 0. The van der Waals surface area contributed by atoms with Crippen LogP contribution in [-0.2, 0) is 19.4 Å². The second kappa shape index (κ2) is 5.32. The van der Waals surface area contributed by atoms with Crippen LogP contribution in [0.5, 0.6) is 0 Å². The zero-order chi connectivity index (χ0) is 13.2. The molecule has 2 nitrogen and oxygen atoms in total. The summed E-state index contributed by atoms with van der Waals surface area (Å²) >= 11 is 6.04. The van der Waals surface area contributed by atoms with E-state index in [4.69, 9.17) is 11.6 Å². The minimum Gasteiger partial charge on any atom is -0.309 e. The van der Waals surface area contributed by atoms with E-state index < -0.39 is 0 Å². The molecule has 1 aromatic heterocycles. The first-order chi connectivity index (χ1) is 9.22. The van der Waals surface area contributed by atoms with Crippen molar-refractivity contribution in [3.05, 3.63) is 63.9 Å². The lowest BCUT2D eigenvalue weighted by Gasteiger charge is -2.12. The van der Waals surface area contributed by atoms with Gasteiger partial charge >= 0.3 is 0 Å². The van der Waals surface area contributed by atoms with E-state index in [2.05, 4.69) is 35.4 Å². The quantitative estimate of drug-likeness (QED) is 0.927. The smallest absolute Gasteiger partial charge is 0.0408 e. The van der Waals surface area contributed by atoms with Crippen molar-refractivity contribution < 1.29 is 0 Å². The highest BCUT2D eigenvalue weighted by Crippen LogP contribution is 2.25. The monoisotopic (exact) mass is 272 g/mol. The lowest BCUT2D eigenvalue weighted by molar-refractivity contribution is 0.531. The Morgan fingerprint density at radius 1 is 1.26 bits per heavy atom. The molecule has 0 spiro atoms. The number of halogens is 1. The van der Waals surface area contributed by atoms with Gasteiger partial charge in [-0.3, -0.25) is 4.98 Å². The van der Waals surface area contributed by atoms with Crippen molar-refractivity contribution in [3.8, 4) is 0 Å². The molecule has 98 valence electrons. The Morgan fingerprint density at radius 2 is 2.11 bits per heavy atom. The van der Waals surface area contributed by atoms with E-state index in [1.807, 2.05) is 18.5 Å². The molecule has 2 aromatic rings. The molecule has 0 bridgehead atoms. The van der Waals surface area contributed by atoms with E-state index in [0.29, 0.717) is 6.04 Å². The Morgan fingerprint density at radius 3 is 2.95 bits per heavy atom. The van der Waals surface area contributed by atoms with Crippen LogP contribution in [0, 0.1) is 6.92 Å². The molecule has 1 aromatic carbocycles. The van der Waals surface area contributed by atoms with Crippen LogP contribution in [0.25, 0.3) is 0 Å². The summed E-state index contributed by atoms with van der Waals surface area (Å²) in [5.74, 6) is 0. The molecule has 0 amide bonds. The van der Waals surface area contributed by atoms with Crippen molar-refractivity contribution >= 4 is 11.6 Å². The van der Waals surface area contributed by atoms with Crippen LogP contribution in [0.4, 0.5) is 0 Å². The van der Waals surface area contributed by atoms with Crippen LogP contribution < -0.4 is 5.32 Å². The molecule has 0 radical (unpaired) electrons. The van der Waals surface area contributed by atoms with Gasteiger partial charge in [-0.2, -0.15) is 0 Å². The topological polar surface area (TPSA) is 24.9 Å². The highest BCUT2D eigenvalue weighted by atomic mass is 35.5.